The molecule has 52 heavy (non-hydrogen) atoms. The number of allylic oxidation sites excluding steroid dienone is 8. The molecule has 0 aromatic heterocycles. The van der Waals surface area contributed by atoms with Crippen LogP contribution in [0.5, 0.6) is 0 Å². The fourth-order valence-electron chi connectivity index (χ4n) is 7.53. The summed E-state index contributed by atoms with van der Waals surface area (Å²) in [5, 5.41) is 0. The molecule has 2 aliphatic rings. The SMILES string of the molecule is CCCCC/C=C\C/C=C\CCCCCCCCC1(CCCCCCCC/C=C\C/C=C\CCCCC)O[C@H]2C[C@@H](OC(=O)CCN(C)C)C[C@H]2O1. The third-order valence-corrected chi connectivity index (χ3v) is 10.7. The number of nitrogens with zero attached hydrogens (tertiary/aromatic N) is 1. The number of rotatable bonds is 34. The van der Waals surface area contributed by atoms with Gasteiger partial charge in [-0.1, -0.05) is 140 Å². The van der Waals surface area contributed by atoms with Gasteiger partial charge in [0.1, 0.15) is 6.10 Å². The molecule has 300 valence electrons. The van der Waals surface area contributed by atoms with E-state index in [4.69, 9.17) is 14.2 Å². The van der Waals surface area contributed by atoms with Crippen molar-refractivity contribution in [3.05, 3.63) is 48.6 Å². The van der Waals surface area contributed by atoms with E-state index in [2.05, 4.69) is 62.5 Å². The van der Waals surface area contributed by atoms with E-state index in [1.165, 1.54) is 128 Å². The van der Waals surface area contributed by atoms with Crippen LogP contribution in [0.15, 0.2) is 48.6 Å². The topological polar surface area (TPSA) is 48.0 Å². The van der Waals surface area contributed by atoms with E-state index in [1.807, 2.05) is 19.0 Å². The highest BCUT2D eigenvalue weighted by molar-refractivity contribution is 5.69. The summed E-state index contributed by atoms with van der Waals surface area (Å²) in [6.45, 7) is 5.24. The Kier molecular flexibility index (Phi) is 28.3. The average Bonchev–Trinajstić information content (AvgIpc) is 3.65. The Morgan fingerprint density at radius 1 is 0.577 bits per heavy atom. The lowest BCUT2D eigenvalue weighted by Gasteiger charge is -2.30. The highest BCUT2D eigenvalue weighted by atomic mass is 16.8. The highest BCUT2D eigenvalue weighted by Gasteiger charge is 2.52. The maximum Gasteiger partial charge on any atom is 0.307 e. The summed E-state index contributed by atoms with van der Waals surface area (Å²) in [6, 6.07) is 0. The van der Waals surface area contributed by atoms with Crippen LogP contribution in [0, 0.1) is 0 Å². The van der Waals surface area contributed by atoms with Gasteiger partial charge in [0.25, 0.3) is 0 Å². The summed E-state index contributed by atoms with van der Waals surface area (Å²) < 4.78 is 19.4. The molecule has 0 amide bonds. The fourth-order valence-corrected chi connectivity index (χ4v) is 7.53. The molecular weight excluding hydrogens is 643 g/mol. The van der Waals surface area contributed by atoms with Gasteiger partial charge in [-0.25, -0.2) is 0 Å². The van der Waals surface area contributed by atoms with E-state index < -0.39 is 5.79 Å². The number of carbonyl (C=O) groups is 1. The second kappa shape index (κ2) is 31.6. The van der Waals surface area contributed by atoms with Crippen molar-refractivity contribution in [2.75, 3.05) is 20.6 Å². The van der Waals surface area contributed by atoms with Crippen LogP contribution >= 0.6 is 0 Å². The van der Waals surface area contributed by atoms with Gasteiger partial charge in [0.05, 0.1) is 18.6 Å². The van der Waals surface area contributed by atoms with Crippen LogP contribution in [0.4, 0.5) is 0 Å². The van der Waals surface area contributed by atoms with Crippen molar-refractivity contribution in [3.8, 4) is 0 Å². The number of unbranched alkanes of at least 4 members (excludes halogenated alkanes) is 18. The number of hydrogen-bond acceptors (Lipinski definition) is 5. The van der Waals surface area contributed by atoms with Gasteiger partial charge in [0.15, 0.2) is 5.79 Å². The lowest BCUT2D eigenvalue weighted by atomic mass is 9.98. The number of fused-ring (bicyclic) bond motifs is 1. The van der Waals surface area contributed by atoms with Gasteiger partial charge in [0.2, 0.25) is 0 Å². The normalized spacial score (nSPS) is 20.1. The van der Waals surface area contributed by atoms with Crippen molar-refractivity contribution in [2.24, 2.45) is 0 Å². The predicted octanol–water partition coefficient (Wildman–Crippen LogP) is 13.5. The van der Waals surface area contributed by atoms with Gasteiger partial charge >= 0.3 is 5.97 Å². The van der Waals surface area contributed by atoms with E-state index in [1.54, 1.807) is 0 Å². The quantitative estimate of drug-likeness (QED) is 0.0375. The first-order valence-corrected chi connectivity index (χ1v) is 22.3. The van der Waals surface area contributed by atoms with Crippen LogP contribution in [-0.2, 0) is 19.0 Å². The minimum absolute atomic E-state index is 0.0563. The molecule has 2 rings (SSSR count). The molecule has 0 aromatic carbocycles. The Bertz CT molecular complexity index is 904. The van der Waals surface area contributed by atoms with Gasteiger partial charge < -0.3 is 19.1 Å². The summed E-state index contributed by atoms with van der Waals surface area (Å²) in [6.07, 6.45) is 53.0. The Labute approximate surface area is 322 Å². The van der Waals surface area contributed by atoms with E-state index in [0.29, 0.717) is 6.42 Å². The maximum absolute atomic E-state index is 12.4. The largest absolute Gasteiger partial charge is 0.462 e. The Morgan fingerprint density at radius 3 is 1.37 bits per heavy atom. The van der Waals surface area contributed by atoms with Crippen molar-refractivity contribution in [1.82, 2.24) is 4.90 Å². The van der Waals surface area contributed by atoms with Gasteiger partial charge in [-0.3, -0.25) is 4.79 Å². The van der Waals surface area contributed by atoms with Gasteiger partial charge in [-0.05, 0) is 91.1 Å². The first-order chi connectivity index (χ1) is 25.5. The Morgan fingerprint density at radius 2 is 0.962 bits per heavy atom. The first kappa shape index (κ1) is 46.5. The van der Waals surface area contributed by atoms with Crippen LogP contribution in [0.3, 0.4) is 0 Å². The average molecular weight is 726 g/mol. The van der Waals surface area contributed by atoms with Crippen LogP contribution in [0.2, 0.25) is 0 Å². The molecule has 0 unspecified atom stereocenters. The molecule has 1 aliphatic carbocycles. The zero-order valence-corrected chi connectivity index (χ0v) is 34.6. The molecule has 2 fully saturated rings. The predicted molar refractivity (Wildman–Crippen MR) is 223 cm³/mol. The fraction of sp³-hybridized carbons (Fsp3) is 0.809. The Hall–Kier alpha value is -1.69. The van der Waals surface area contributed by atoms with Crippen molar-refractivity contribution >= 4 is 5.97 Å². The number of esters is 1. The molecule has 0 N–H and O–H groups in total. The van der Waals surface area contributed by atoms with Gasteiger partial charge in [0, 0.05) is 32.2 Å². The maximum atomic E-state index is 12.4. The monoisotopic (exact) mass is 726 g/mol. The zero-order valence-electron chi connectivity index (χ0n) is 34.6. The van der Waals surface area contributed by atoms with Crippen LogP contribution < -0.4 is 0 Å². The van der Waals surface area contributed by atoms with Gasteiger partial charge in [-0.2, -0.15) is 0 Å². The zero-order chi connectivity index (χ0) is 37.4. The molecule has 0 radical (unpaired) electrons. The minimum Gasteiger partial charge on any atom is -0.462 e. The molecule has 5 heteroatoms. The van der Waals surface area contributed by atoms with E-state index in [9.17, 15) is 4.79 Å². The van der Waals surface area contributed by atoms with E-state index in [0.717, 1.165) is 57.9 Å². The summed E-state index contributed by atoms with van der Waals surface area (Å²) in [4.78, 5) is 14.4. The summed E-state index contributed by atoms with van der Waals surface area (Å²) >= 11 is 0. The molecule has 0 bridgehead atoms. The third-order valence-electron chi connectivity index (χ3n) is 10.7. The molecule has 3 atom stereocenters. The van der Waals surface area contributed by atoms with Gasteiger partial charge in [-0.15, -0.1) is 0 Å². The van der Waals surface area contributed by atoms with Crippen LogP contribution in [-0.4, -0.2) is 55.6 Å². The number of hydrogen-bond donors (Lipinski definition) is 0. The lowest BCUT2D eigenvalue weighted by Crippen LogP contribution is -2.33. The first-order valence-electron chi connectivity index (χ1n) is 22.3. The van der Waals surface area contributed by atoms with Crippen molar-refractivity contribution < 1.29 is 19.0 Å². The second-order valence-electron chi connectivity index (χ2n) is 16.0. The van der Waals surface area contributed by atoms with Crippen LogP contribution in [0.1, 0.15) is 200 Å². The molecule has 1 saturated carbocycles. The second-order valence-corrected chi connectivity index (χ2v) is 16.0. The van der Waals surface area contributed by atoms with Crippen molar-refractivity contribution in [3.63, 3.8) is 0 Å². The summed E-state index contributed by atoms with van der Waals surface area (Å²) in [7, 11) is 3.97. The minimum atomic E-state index is -0.445. The van der Waals surface area contributed by atoms with Crippen LogP contribution in [0.25, 0.3) is 0 Å². The standard InChI is InChI=1S/C47H83NO4/c1-5-7-9-11-13-15-17-19-21-23-25-27-29-31-33-35-38-47(51-44-41-43(42-45(44)52-47)50-46(49)37-40-48(3)4)39-36-34-32-30-28-26-24-22-20-18-16-14-12-10-8-6-2/h13-16,19-22,43-45H,5-12,17-18,23-42H2,1-4H3/b15-13-,16-14-,21-19-,22-20-/t43-,44+,45-. The third kappa shape index (κ3) is 23.9. The molecule has 1 heterocycles. The molecular formula is C47H83NO4. The highest BCUT2D eigenvalue weighted by Crippen LogP contribution is 2.44. The lowest BCUT2D eigenvalue weighted by molar-refractivity contribution is -0.196. The van der Waals surface area contributed by atoms with E-state index >= 15 is 0 Å². The molecule has 1 saturated heterocycles. The summed E-state index contributed by atoms with van der Waals surface area (Å²) in [5.41, 5.74) is 0. The molecule has 0 spiro atoms. The molecule has 1 aliphatic heterocycles. The van der Waals surface area contributed by atoms with Crippen molar-refractivity contribution in [1.29, 1.82) is 0 Å². The summed E-state index contributed by atoms with van der Waals surface area (Å²) in [5.74, 6) is -0.549. The Balaban J connectivity index is 1.64. The van der Waals surface area contributed by atoms with E-state index in [-0.39, 0.29) is 24.3 Å². The van der Waals surface area contributed by atoms with Crippen molar-refractivity contribution in [2.45, 2.75) is 224 Å². The number of carbonyl (C=O) groups excluding carboxylic acids is 1. The smallest absolute Gasteiger partial charge is 0.307 e. The number of ether oxygens (including phenoxy) is 3. The molecule has 5 nitrogen and oxygen atoms in total. The molecule has 0 aromatic rings.